The number of nitrogens with one attached hydrogen (secondary N) is 3. The molecule has 0 aliphatic carbocycles. The topological polar surface area (TPSA) is 90.6 Å². The van der Waals surface area contributed by atoms with Crippen molar-refractivity contribution in [1.29, 1.82) is 0 Å². The molecule has 0 bridgehead atoms. The van der Waals surface area contributed by atoms with Gasteiger partial charge in [-0.25, -0.2) is 0 Å². The fraction of sp³-hybridized carbons (Fsp3) is 0.174. The zero-order chi connectivity index (χ0) is 20.6. The summed E-state index contributed by atoms with van der Waals surface area (Å²) in [7, 11) is 0. The van der Waals surface area contributed by atoms with Crippen molar-refractivity contribution in [2.75, 3.05) is 5.32 Å². The fourth-order valence-corrected chi connectivity index (χ4v) is 2.85. The zero-order valence-electron chi connectivity index (χ0n) is 16.4. The first-order valence-electron chi connectivity index (χ1n) is 9.25. The molecule has 0 spiro atoms. The lowest BCUT2D eigenvalue weighted by Crippen LogP contribution is -2.29. The Morgan fingerprint density at radius 2 is 1.76 bits per heavy atom. The normalized spacial score (nSPS) is 11.3. The summed E-state index contributed by atoms with van der Waals surface area (Å²) in [6.07, 6.45) is 0. The van der Waals surface area contributed by atoms with Crippen LogP contribution in [-0.4, -0.2) is 20.9 Å². The Hall–Kier alpha value is -3.85. The van der Waals surface area contributed by atoms with E-state index in [1.165, 1.54) is 0 Å². The molecule has 144 valence electrons. The molecule has 2 heterocycles. The Kier molecular flexibility index (Phi) is 4.44. The number of amides is 1. The molecule has 0 saturated heterocycles. The molecule has 0 fully saturated rings. The van der Waals surface area contributed by atoms with Gasteiger partial charge in [0.05, 0.1) is 11.1 Å². The Morgan fingerprint density at radius 1 is 1.00 bits per heavy atom. The van der Waals surface area contributed by atoms with Crippen molar-refractivity contribution in [2.24, 2.45) is 5.41 Å². The molecule has 2 aromatic carbocycles. The van der Waals surface area contributed by atoms with Gasteiger partial charge in [-0.15, -0.1) is 0 Å². The highest BCUT2D eigenvalue weighted by molar-refractivity contribution is 5.93. The third-order valence-corrected chi connectivity index (χ3v) is 4.50. The van der Waals surface area contributed by atoms with Crippen LogP contribution < -0.4 is 10.9 Å². The lowest BCUT2D eigenvalue weighted by atomic mass is 9.96. The van der Waals surface area contributed by atoms with E-state index in [-0.39, 0.29) is 17.4 Å². The highest BCUT2D eigenvalue weighted by atomic mass is 16.2. The van der Waals surface area contributed by atoms with Gasteiger partial charge in [-0.3, -0.25) is 19.9 Å². The summed E-state index contributed by atoms with van der Waals surface area (Å²) in [5.41, 5.74) is 0.891. The molecular formula is C23H20N4O2. The second-order valence-electron chi connectivity index (χ2n) is 7.88. The Balaban J connectivity index is 1.65. The third-order valence-electron chi connectivity index (χ3n) is 4.50. The molecule has 3 N–H and O–H groups in total. The molecular weight excluding hydrogens is 364 g/mol. The minimum atomic E-state index is -0.597. The minimum absolute atomic E-state index is 0.110. The summed E-state index contributed by atoms with van der Waals surface area (Å²) in [6, 6.07) is 15.8. The highest BCUT2D eigenvalue weighted by Gasteiger charge is 2.22. The average molecular weight is 384 g/mol. The van der Waals surface area contributed by atoms with Crippen molar-refractivity contribution >= 4 is 33.7 Å². The maximum absolute atomic E-state index is 12.3. The Labute approximate surface area is 167 Å². The van der Waals surface area contributed by atoms with Gasteiger partial charge in [0.15, 0.2) is 0 Å². The van der Waals surface area contributed by atoms with Crippen LogP contribution in [0.15, 0.2) is 53.3 Å². The number of carbonyl (C=O) groups excluding carboxylic acids is 1. The van der Waals surface area contributed by atoms with Gasteiger partial charge in [-0.1, -0.05) is 57.0 Å². The fourth-order valence-electron chi connectivity index (χ4n) is 2.85. The van der Waals surface area contributed by atoms with Crippen molar-refractivity contribution in [3.63, 3.8) is 0 Å². The van der Waals surface area contributed by atoms with Crippen LogP contribution >= 0.6 is 0 Å². The molecule has 0 unspecified atom stereocenters. The number of rotatable bonds is 1. The van der Waals surface area contributed by atoms with E-state index in [9.17, 15) is 9.59 Å². The number of nitrogens with zero attached hydrogens (tertiary/aromatic N) is 1. The van der Waals surface area contributed by atoms with Crippen molar-refractivity contribution < 1.29 is 4.79 Å². The van der Waals surface area contributed by atoms with Crippen molar-refractivity contribution in [1.82, 2.24) is 15.0 Å². The number of benzene rings is 2. The van der Waals surface area contributed by atoms with Crippen molar-refractivity contribution in [2.45, 2.75) is 20.8 Å². The molecule has 0 aliphatic rings. The molecule has 2 aromatic heterocycles. The number of H-pyrrole nitrogens is 2. The van der Waals surface area contributed by atoms with E-state index in [0.29, 0.717) is 16.7 Å². The van der Waals surface area contributed by atoms with E-state index in [1.54, 1.807) is 26.8 Å². The van der Waals surface area contributed by atoms with Crippen molar-refractivity contribution in [3.8, 4) is 11.8 Å². The summed E-state index contributed by atoms with van der Waals surface area (Å²) in [6.45, 7) is 5.36. The number of aromatic nitrogens is 3. The monoisotopic (exact) mass is 384 g/mol. The average Bonchev–Trinajstić information content (AvgIpc) is 3.09. The summed E-state index contributed by atoms with van der Waals surface area (Å²) in [4.78, 5) is 34.4. The van der Waals surface area contributed by atoms with Gasteiger partial charge < -0.3 is 4.98 Å². The second-order valence-corrected chi connectivity index (χ2v) is 7.88. The van der Waals surface area contributed by atoms with Crippen LogP contribution in [0.25, 0.3) is 21.8 Å². The van der Waals surface area contributed by atoms with Gasteiger partial charge >= 0.3 is 0 Å². The summed E-state index contributed by atoms with van der Waals surface area (Å²) in [5, 5.41) is 5.30. The van der Waals surface area contributed by atoms with E-state index >= 15 is 0 Å². The number of aromatic amines is 2. The van der Waals surface area contributed by atoms with E-state index < -0.39 is 5.41 Å². The first-order chi connectivity index (χ1) is 13.8. The van der Waals surface area contributed by atoms with Gasteiger partial charge in [0.2, 0.25) is 11.9 Å². The van der Waals surface area contributed by atoms with Crippen LogP contribution in [0, 0.1) is 17.3 Å². The van der Waals surface area contributed by atoms with E-state index in [2.05, 4.69) is 38.2 Å². The Morgan fingerprint density at radius 3 is 2.52 bits per heavy atom. The van der Waals surface area contributed by atoms with Gasteiger partial charge in [-0.05, 0) is 34.9 Å². The van der Waals surface area contributed by atoms with E-state index in [4.69, 9.17) is 0 Å². The molecule has 1 amide bonds. The smallest absolute Gasteiger partial charge is 0.261 e. The predicted octanol–water partition coefficient (Wildman–Crippen LogP) is 3.79. The zero-order valence-corrected chi connectivity index (χ0v) is 16.4. The number of hydrogen-bond donors (Lipinski definition) is 3. The maximum atomic E-state index is 12.3. The summed E-state index contributed by atoms with van der Waals surface area (Å²) < 4.78 is 0. The molecule has 0 aliphatic heterocycles. The standard InChI is InChI=1S/C23H20N4O2/c1-23(2,3)21(29)27-22-25-19-18(20(28)26-22)13-17(24-19)11-9-14-8-10-15-6-4-5-7-16(15)12-14/h4-8,10,12-13H,1-3H3,(H3,24,25,26,27,28,29). The van der Waals surface area contributed by atoms with Crippen molar-refractivity contribution in [3.05, 3.63) is 70.1 Å². The molecule has 0 saturated carbocycles. The first-order valence-corrected chi connectivity index (χ1v) is 9.25. The molecule has 0 atom stereocenters. The molecule has 6 heteroatoms. The molecule has 6 nitrogen and oxygen atoms in total. The van der Waals surface area contributed by atoms with Gasteiger partial charge in [0.25, 0.3) is 5.56 Å². The summed E-state index contributed by atoms with van der Waals surface area (Å²) >= 11 is 0. The number of carbonyl (C=O) groups is 1. The number of fused-ring (bicyclic) bond motifs is 2. The highest BCUT2D eigenvalue weighted by Crippen LogP contribution is 2.17. The van der Waals surface area contributed by atoms with E-state index in [0.717, 1.165) is 16.3 Å². The van der Waals surface area contributed by atoms with Gasteiger partial charge in [-0.2, -0.15) is 4.98 Å². The molecule has 4 rings (SSSR count). The predicted molar refractivity (Wildman–Crippen MR) is 115 cm³/mol. The van der Waals surface area contributed by atoms with Gasteiger partial charge in [0, 0.05) is 11.0 Å². The molecule has 4 aromatic rings. The number of anilines is 1. The maximum Gasteiger partial charge on any atom is 0.261 e. The Bertz CT molecular complexity index is 1360. The molecule has 0 radical (unpaired) electrons. The number of hydrogen-bond acceptors (Lipinski definition) is 3. The molecule has 29 heavy (non-hydrogen) atoms. The van der Waals surface area contributed by atoms with Crippen LogP contribution in [0.3, 0.4) is 0 Å². The minimum Gasteiger partial charge on any atom is -0.332 e. The SMILES string of the molecule is CC(C)(C)C(=O)Nc1nc2[nH]c(C#Cc3ccc4ccccc4c3)cc2c(=O)[nH]1. The van der Waals surface area contributed by atoms with Crippen LogP contribution in [-0.2, 0) is 4.79 Å². The lowest BCUT2D eigenvalue weighted by Gasteiger charge is -2.16. The van der Waals surface area contributed by atoms with E-state index in [1.807, 2.05) is 36.4 Å². The van der Waals surface area contributed by atoms with Crippen LogP contribution in [0.4, 0.5) is 5.95 Å². The largest absolute Gasteiger partial charge is 0.332 e. The first kappa shape index (κ1) is 18.5. The second kappa shape index (κ2) is 6.95. The van der Waals surface area contributed by atoms with Crippen LogP contribution in [0.2, 0.25) is 0 Å². The quantitative estimate of drug-likeness (QED) is 0.436. The van der Waals surface area contributed by atoms with Crippen LogP contribution in [0.1, 0.15) is 32.0 Å². The lowest BCUT2D eigenvalue weighted by molar-refractivity contribution is -0.123. The summed E-state index contributed by atoms with van der Waals surface area (Å²) in [5.74, 6) is 6.03. The van der Waals surface area contributed by atoms with Crippen LogP contribution in [0.5, 0.6) is 0 Å². The van der Waals surface area contributed by atoms with Gasteiger partial charge in [0.1, 0.15) is 5.65 Å². The third kappa shape index (κ3) is 3.90.